The Balaban J connectivity index is 1.83. The molecule has 0 unspecified atom stereocenters. The van der Waals surface area contributed by atoms with Crippen molar-refractivity contribution in [3.8, 4) is 6.07 Å². The van der Waals surface area contributed by atoms with Crippen molar-refractivity contribution in [1.82, 2.24) is 15.2 Å². The molecule has 136 valence electrons. The van der Waals surface area contributed by atoms with Gasteiger partial charge in [0.05, 0.1) is 0 Å². The molecule has 0 spiro atoms. The van der Waals surface area contributed by atoms with Crippen molar-refractivity contribution >= 4 is 11.7 Å². The highest BCUT2D eigenvalue weighted by atomic mass is 16.1. The molecule has 0 saturated carbocycles. The maximum atomic E-state index is 12.5. The van der Waals surface area contributed by atoms with Crippen molar-refractivity contribution in [2.45, 2.75) is 26.7 Å². The molecule has 1 fully saturated rings. The lowest BCUT2D eigenvalue weighted by Crippen LogP contribution is -2.45. The van der Waals surface area contributed by atoms with E-state index in [1.807, 2.05) is 12.1 Å². The highest BCUT2D eigenvalue weighted by molar-refractivity contribution is 5.79. The fourth-order valence-electron chi connectivity index (χ4n) is 3.42. The summed E-state index contributed by atoms with van der Waals surface area (Å²) in [6, 6.07) is 7.56. The Labute approximate surface area is 150 Å². The van der Waals surface area contributed by atoms with Crippen molar-refractivity contribution in [1.29, 1.82) is 5.26 Å². The number of piperidine rings is 1. The van der Waals surface area contributed by atoms with Crippen LogP contribution in [0.25, 0.3) is 0 Å². The molecule has 0 aromatic carbocycles. The summed E-state index contributed by atoms with van der Waals surface area (Å²) in [5, 5.41) is 12.1. The van der Waals surface area contributed by atoms with Gasteiger partial charge in [-0.05, 0) is 44.5 Å². The van der Waals surface area contributed by atoms with Gasteiger partial charge < -0.3 is 15.1 Å². The number of carbonyl (C=O) groups is 1. The van der Waals surface area contributed by atoms with E-state index in [1.54, 1.807) is 6.07 Å². The van der Waals surface area contributed by atoms with Crippen LogP contribution in [-0.4, -0.2) is 56.1 Å². The van der Waals surface area contributed by atoms with E-state index in [0.717, 1.165) is 38.3 Å². The van der Waals surface area contributed by atoms with Crippen molar-refractivity contribution in [3.05, 3.63) is 23.9 Å². The Morgan fingerprint density at radius 1 is 1.40 bits per heavy atom. The first-order chi connectivity index (χ1) is 11.8. The quantitative estimate of drug-likeness (QED) is 0.854. The molecular formula is C19H29N5O. The van der Waals surface area contributed by atoms with Crippen LogP contribution in [-0.2, 0) is 4.79 Å². The van der Waals surface area contributed by atoms with Crippen LogP contribution in [0.4, 0.5) is 5.82 Å². The third-order valence-corrected chi connectivity index (χ3v) is 4.52. The lowest BCUT2D eigenvalue weighted by molar-refractivity contribution is -0.126. The number of nitrogens with zero attached hydrogens (tertiary/aromatic N) is 4. The van der Waals surface area contributed by atoms with Crippen molar-refractivity contribution in [2.75, 3.05) is 45.2 Å². The van der Waals surface area contributed by atoms with E-state index >= 15 is 0 Å². The monoisotopic (exact) mass is 343 g/mol. The number of aromatic nitrogens is 1. The van der Waals surface area contributed by atoms with Gasteiger partial charge in [0.2, 0.25) is 5.91 Å². The van der Waals surface area contributed by atoms with Crippen LogP contribution in [0.15, 0.2) is 18.2 Å². The average molecular weight is 343 g/mol. The number of hydrogen-bond donors (Lipinski definition) is 1. The first-order valence-corrected chi connectivity index (χ1v) is 8.85. The summed E-state index contributed by atoms with van der Waals surface area (Å²) < 4.78 is 0. The Kier molecular flexibility index (Phi) is 6.38. The number of nitriles is 1. The molecule has 0 aliphatic carbocycles. The molecule has 1 aromatic rings. The fraction of sp³-hybridized carbons (Fsp3) is 0.632. The Morgan fingerprint density at radius 2 is 2.08 bits per heavy atom. The number of nitrogens with one attached hydrogen (secondary N) is 1. The van der Waals surface area contributed by atoms with Crippen molar-refractivity contribution in [2.24, 2.45) is 11.3 Å². The molecule has 1 aromatic heterocycles. The van der Waals surface area contributed by atoms with E-state index in [-0.39, 0.29) is 17.2 Å². The van der Waals surface area contributed by atoms with E-state index in [1.165, 1.54) is 0 Å². The van der Waals surface area contributed by atoms with Crippen LogP contribution < -0.4 is 10.2 Å². The molecule has 0 radical (unpaired) electrons. The van der Waals surface area contributed by atoms with Crippen LogP contribution in [0.2, 0.25) is 0 Å². The molecule has 6 heteroatoms. The minimum Gasteiger partial charge on any atom is -0.357 e. The van der Waals surface area contributed by atoms with Gasteiger partial charge in [0.25, 0.3) is 0 Å². The molecule has 1 saturated heterocycles. The lowest BCUT2D eigenvalue weighted by Gasteiger charge is -2.33. The van der Waals surface area contributed by atoms with E-state index in [4.69, 9.17) is 5.26 Å². The first-order valence-electron chi connectivity index (χ1n) is 8.85. The van der Waals surface area contributed by atoms with Gasteiger partial charge in [0, 0.05) is 32.1 Å². The fourth-order valence-corrected chi connectivity index (χ4v) is 3.42. The number of amides is 1. The summed E-state index contributed by atoms with van der Waals surface area (Å²) in [4.78, 5) is 21.1. The molecule has 1 aliphatic heterocycles. The summed E-state index contributed by atoms with van der Waals surface area (Å²) in [6.07, 6.45) is 1.64. The number of rotatable bonds is 6. The topological polar surface area (TPSA) is 72.3 Å². The highest BCUT2D eigenvalue weighted by Crippen LogP contribution is 2.23. The number of pyridine rings is 1. The zero-order chi connectivity index (χ0) is 18.4. The van der Waals surface area contributed by atoms with Crippen molar-refractivity contribution in [3.63, 3.8) is 0 Å². The summed E-state index contributed by atoms with van der Waals surface area (Å²) >= 11 is 0. The third kappa shape index (κ3) is 5.71. The second-order valence-electron chi connectivity index (χ2n) is 7.87. The normalized spacial score (nSPS) is 15.9. The summed E-state index contributed by atoms with van der Waals surface area (Å²) in [7, 11) is 4.10. The largest absolute Gasteiger partial charge is 0.357 e. The molecule has 2 heterocycles. The van der Waals surface area contributed by atoms with Crippen LogP contribution in [0.3, 0.4) is 0 Å². The maximum absolute atomic E-state index is 12.5. The van der Waals surface area contributed by atoms with Gasteiger partial charge in [-0.15, -0.1) is 0 Å². The second-order valence-corrected chi connectivity index (χ2v) is 7.87. The molecule has 1 amide bonds. The standard InChI is InChI=1S/C19H29N5O/c1-19(2,14-23(3)4)13-21-18(25)15-8-10-24(11-9-15)17-7-5-6-16(12-20)22-17/h5-7,15H,8-11,13-14H2,1-4H3,(H,21,25). The van der Waals surface area contributed by atoms with Gasteiger partial charge in [0.1, 0.15) is 17.6 Å². The van der Waals surface area contributed by atoms with Crippen LogP contribution >= 0.6 is 0 Å². The van der Waals surface area contributed by atoms with E-state index in [2.05, 4.69) is 54.1 Å². The summed E-state index contributed by atoms with van der Waals surface area (Å²) in [5.41, 5.74) is 0.488. The molecule has 25 heavy (non-hydrogen) atoms. The van der Waals surface area contributed by atoms with E-state index < -0.39 is 0 Å². The van der Waals surface area contributed by atoms with E-state index in [9.17, 15) is 4.79 Å². The predicted molar refractivity (Wildman–Crippen MR) is 99.2 cm³/mol. The molecule has 6 nitrogen and oxygen atoms in total. The van der Waals surface area contributed by atoms with E-state index in [0.29, 0.717) is 12.2 Å². The summed E-state index contributed by atoms with van der Waals surface area (Å²) in [6.45, 7) is 7.55. The van der Waals surface area contributed by atoms with Gasteiger partial charge in [-0.25, -0.2) is 4.98 Å². The van der Waals surface area contributed by atoms with Crippen LogP contribution in [0.5, 0.6) is 0 Å². The molecule has 2 rings (SSSR count). The van der Waals surface area contributed by atoms with Crippen LogP contribution in [0, 0.1) is 22.7 Å². The minimum absolute atomic E-state index is 0.0571. The van der Waals surface area contributed by atoms with Crippen LogP contribution in [0.1, 0.15) is 32.4 Å². The smallest absolute Gasteiger partial charge is 0.223 e. The maximum Gasteiger partial charge on any atom is 0.223 e. The first kappa shape index (κ1) is 19.2. The molecule has 0 bridgehead atoms. The molecule has 1 N–H and O–H groups in total. The van der Waals surface area contributed by atoms with Crippen molar-refractivity contribution < 1.29 is 4.79 Å². The van der Waals surface area contributed by atoms with Gasteiger partial charge in [-0.2, -0.15) is 5.26 Å². The lowest BCUT2D eigenvalue weighted by atomic mass is 9.91. The minimum atomic E-state index is 0.0571. The average Bonchev–Trinajstić information content (AvgIpc) is 2.59. The Hall–Kier alpha value is -2.13. The Bertz CT molecular complexity index is 627. The number of carbonyl (C=O) groups excluding carboxylic acids is 1. The SMILES string of the molecule is CN(C)CC(C)(C)CNC(=O)C1CCN(c2cccc(C#N)n2)CC1. The Morgan fingerprint density at radius 3 is 2.68 bits per heavy atom. The zero-order valence-electron chi connectivity index (χ0n) is 15.7. The second kappa shape index (κ2) is 8.30. The summed E-state index contributed by atoms with van der Waals surface area (Å²) in [5.74, 6) is 1.04. The molecule has 1 aliphatic rings. The van der Waals surface area contributed by atoms with Gasteiger partial charge in [-0.1, -0.05) is 19.9 Å². The van der Waals surface area contributed by atoms with Gasteiger partial charge in [-0.3, -0.25) is 4.79 Å². The molecule has 0 atom stereocenters. The zero-order valence-corrected chi connectivity index (χ0v) is 15.7. The van der Waals surface area contributed by atoms with Gasteiger partial charge in [0.15, 0.2) is 0 Å². The molecular weight excluding hydrogens is 314 g/mol. The third-order valence-electron chi connectivity index (χ3n) is 4.52. The number of anilines is 1. The van der Waals surface area contributed by atoms with Gasteiger partial charge >= 0.3 is 0 Å². The number of hydrogen-bond acceptors (Lipinski definition) is 5. The highest BCUT2D eigenvalue weighted by Gasteiger charge is 2.27. The predicted octanol–water partition coefficient (Wildman–Crippen LogP) is 1.87.